The zero-order chi connectivity index (χ0) is 19.8. The summed E-state index contributed by atoms with van der Waals surface area (Å²) in [6.45, 7) is 2.11. The molecule has 0 unspecified atom stereocenters. The van der Waals surface area contributed by atoms with Crippen LogP contribution in [0.5, 0.6) is 0 Å². The molecule has 3 aromatic rings. The lowest BCUT2D eigenvalue weighted by atomic mass is 10.1. The summed E-state index contributed by atoms with van der Waals surface area (Å²) in [4.78, 5) is 12.8. The molecule has 1 fully saturated rings. The Balaban J connectivity index is 1.61. The number of nitrogens with one attached hydrogen (secondary N) is 1. The van der Waals surface area contributed by atoms with Crippen LogP contribution in [0.2, 0.25) is 0 Å². The number of nitrogens with two attached hydrogens (primary N) is 1. The number of nitrogens with zero attached hydrogens (tertiary/aromatic N) is 4. The maximum absolute atomic E-state index is 10.3. The van der Waals surface area contributed by atoms with E-state index in [0.29, 0.717) is 29.2 Å². The Bertz CT molecular complexity index is 993. The highest BCUT2D eigenvalue weighted by molar-refractivity contribution is 5.82. The van der Waals surface area contributed by atoms with Crippen LogP contribution in [0, 0.1) is 6.92 Å². The molecule has 1 aliphatic rings. The predicted molar refractivity (Wildman–Crippen MR) is 101 cm³/mol. The first-order chi connectivity index (χ1) is 13.5. The first-order valence-electron chi connectivity index (χ1n) is 8.88. The van der Waals surface area contributed by atoms with Gasteiger partial charge in [-0.3, -0.25) is 4.57 Å². The monoisotopic (exact) mass is 386 g/mol. The van der Waals surface area contributed by atoms with Crippen LogP contribution in [0.25, 0.3) is 11.2 Å². The van der Waals surface area contributed by atoms with Gasteiger partial charge in [0.1, 0.15) is 24.6 Å². The second-order valence-corrected chi connectivity index (χ2v) is 6.81. The molecule has 0 bridgehead atoms. The van der Waals surface area contributed by atoms with Crippen LogP contribution < -0.4 is 11.1 Å². The molecule has 3 heterocycles. The minimum atomic E-state index is -1.21. The second-order valence-electron chi connectivity index (χ2n) is 6.81. The number of rotatable bonds is 5. The number of aliphatic hydroxyl groups excluding tert-OH is 3. The van der Waals surface area contributed by atoms with Gasteiger partial charge in [-0.15, -0.1) is 0 Å². The largest absolute Gasteiger partial charge is 0.399 e. The fourth-order valence-electron chi connectivity index (χ4n) is 3.34. The molecule has 0 radical (unpaired) electrons. The minimum absolute atomic E-state index is 0.400. The summed E-state index contributed by atoms with van der Waals surface area (Å²) in [6.07, 6.45) is -1.33. The number of nitrogen functional groups attached to an aromatic ring is 1. The third-order valence-corrected chi connectivity index (χ3v) is 4.97. The van der Waals surface area contributed by atoms with Gasteiger partial charge < -0.3 is 31.1 Å². The zero-order valence-corrected chi connectivity index (χ0v) is 15.2. The van der Waals surface area contributed by atoms with E-state index in [1.807, 2.05) is 25.1 Å². The smallest absolute Gasteiger partial charge is 0.167 e. The van der Waals surface area contributed by atoms with Gasteiger partial charge in [-0.05, 0) is 30.2 Å². The Kier molecular flexibility index (Phi) is 4.85. The summed E-state index contributed by atoms with van der Waals surface area (Å²) in [7, 11) is 0. The van der Waals surface area contributed by atoms with E-state index in [-0.39, 0.29) is 0 Å². The number of hydrogen-bond acceptors (Lipinski definition) is 9. The third kappa shape index (κ3) is 3.16. The van der Waals surface area contributed by atoms with E-state index in [9.17, 15) is 15.3 Å². The second kappa shape index (κ2) is 7.32. The van der Waals surface area contributed by atoms with Gasteiger partial charge in [0.25, 0.3) is 0 Å². The Hall–Kier alpha value is -2.79. The summed E-state index contributed by atoms with van der Waals surface area (Å²) in [5.74, 6) is 0.525. The maximum atomic E-state index is 10.3. The van der Waals surface area contributed by atoms with E-state index < -0.39 is 31.1 Å². The fraction of sp³-hybridized carbons (Fsp3) is 0.389. The SMILES string of the molecule is Cc1ccc(N)cc1CNc1ncnc2c1ncn2[C@@H]1O[C@H](CO)[C@@H](O)[C@H]1O. The van der Waals surface area contributed by atoms with Crippen molar-refractivity contribution in [3.63, 3.8) is 0 Å². The number of anilines is 2. The molecule has 0 amide bonds. The Morgan fingerprint density at radius 2 is 2.04 bits per heavy atom. The topological polar surface area (TPSA) is 152 Å². The summed E-state index contributed by atoms with van der Waals surface area (Å²) < 4.78 is 7.09. The molecule has 1 saturated heterocycles. The molecule has 1 aromatic carbocycles. The summed E-state index contributed by atoms with van der Waals surface area (Å²) in [5, 5.41) is 32.8. The van der Waals surface area contributed by atoms with E-state index in [1.54, 1.807) is 0 Å². The van der Waals surface area contributed by atoms with Gasteiger partial charge >= 0.3 is 0 Å². The molecule has 4 rings (SSSR count). The molecular formula is C18H22N6O4. The summed E-state index contributed by atoms with van der Waals surface area (Å²) >= 11 is 0. The first kappa shape index (κ1) is 18.6. The van der Waals surface area contributed by atoms with Crippen molar-refractivity contribution in [2.75, 3.05) is 17.7 Å². The van der Waals surface area contributed by atoms with Crippen molar-refractivity contribution in [1.82, 2.24) is 19.5 Å². The maximum Gasteiger partial charge on any atom is 0.167 e. The molecule has 0 spiro atoms. The summed E-state index contributed by atoms with van der Waals surface area (Å²) in [5.41, 5.74) is 9.63. The molecule has 0 saturated carbocycles. The molecule has 10 nitrogen and oxygen atoms in total. The molecular weight excluding hydrogens is 364 g/mol. The van der Waals surface area contributed by atoms with Crippen LogP contribution >= 0.6 is 0 Å². The van der Waals surface area contributed by atoms with Crippen molar-refractivity contribution < 1.29 is 20.1 Å². The van der Waals surface area contributed by atoms with Crippen LogP contribution in [-0.2, 0) is 11.3 Å². The van der Waals surface area contributed by atoms with Crippen LogP contribution in [0.15, 0.2) is 30.9 Å². The van der Waals surface area contributed by atoms with Gasteiger partial charge in [-0.25, -0.2) is 15.0 Å². The highest BCUT2D eigenvalue weighted by Gasteiger charge is 2.44. The molecule has 148 valence electrons. The van der Waals surface area contributed by atoms with Crippen molar-refractivity contribution in [3.05, 3.63) is 42.0 Å². The standard InChI is InChI=1S/C18H22N6O4/c1-9-2-3-11(19)4-10(9)5-20-16-13-17(22-7-21-16)24(8-23-13)18-15(27)14(26)12(6-25)28-18/h2-4,7-8,12,14-15,18,25-27H,5-6,19H2,1H3,(H,20,21,22)/t12-,14-,15-,18-/m1/s1. The highest BCUT2D eigenvalue weighted by atomic mass is 16.6. The van der Waals surface area contributed by atoms with Gasteiger partial charge in [-0.2, -0.15) is 0 Å². The number of hydrogen-bond donors (Lipinski definition) is 5. The van der Waals surface area contributed by atoms with Crippen molar-refractivity contribution >= 4 is 22.7 Å². The predicted octanol–water partition coefficient (Wildman–Crippen LogP) is -0.0595. The van der Waals surface area contributed by atoms with Gasteiger partial charge in [0, 0.05) is 12.2 Å². The molecule has 6 N–H and O–H groups in total. The lowest BCUT2D eigenvalue weighted by Crippen LogP contribution is -2.33. The number of aromatic nitrogens is 4. The number of aliphatic hydroxyl groups is 3. The fourth-order valence-corrected chi connectivity index (χ4v) is 3.34. The van der Waals surface area contributed by atoms with Crippen LogP contribution in [0.1, 0.15) is 17.4 Å². The van der Waals surface area contributed by atoms with Crippen molar-refractivity contribution in [3.8, 4) is 0 Å². The minimum Gasteiger partial charge on any atom is -0.399 e. The van der Waals surface area contributed by atoms with E-state index in [1.165, 1.54) is 17.2 Å². The normalized spacial score (nSPS) is 24.7. The van der Waals surface area contributed by atoms with Crippen molar-refractivity contribution in [1.29, 1.82) is 0 Å². The van der Waals surface area contributed by atoms with E-state index in [4.69, 9.17) is 10.5 Å². The van der Waals surface area contributed by atoms with Crippen LogP contribution in [0.3, 0.4) is 0 Å². The number of aryl methyl sites for hydroxylation is 1. The van der Waals surface area contributed by atoms with Gasteiger partial charge in [0.05, 0.1) is 12.9 Å². The number of benzene rings is 1. The Labute approximate surface area is 160 Å². The van der Waals surface area contributed by atoms with Crippen LogP contribution in [-0.4, -0.2) is 59.8 Å². The highest BCUT2D eigenvalue weighted by Crippen LogP contribution is 2.32. The zero-order valence-electron chi connectivity index (χ0n) is 15.2. The van der Waals surface area contributed by atoms with Gasteiger partial charge in [0.2, 0.25) is 0 Å². The average molecular weight is 386 g/mol. The van der Waals surface area contributed by atoms with Gasteiger partial charge in [-0.1, -0.05) is 6.07 Å². The summed E-state index contributed by atoms with van der Waals surface area (Å²) in [6, 6.07) is 5.71. The van der Waals surface area contributed by atoms with Crippen molar-refractivity contribution in [2.24, 2.45) is 0 Å². The molecule has 1 aliphatic heterocycles. The van der Waals surface area contributed by atoms with E-state index >= 15 is 0 Å². The number of imidazole rings is 1. The average Bonchev–Trinajstić information content (AvgIpc) is 3.24. The quantitative estimate of drug-likeness (QED) is 0.380. The Morgan fingerprint density at radius 3 is 2.79 bits per heavy atom. The van der Waals surface area contributed by atoms with Crippen molar-refractivity contribution in [2.45, 2.75) is 38.0 Å². The lowest BCUT2D eigenvalue weighted by Gasteiger charge is -2.16. The van der Waals surface area contributed by atoms with E-state index in [0.717, 1.165) is 11.1 Å². The number of fused-ring (bicyclic) bond motifs is 1. The van der Waals surface area contributed by atoms with E-state index in [2.05, 4.69) is 20.3 Å². The molecule has 10 heteroatoms. The molecule has 4 atom stereocenters. The third-order valence-electron chi connectivity index (χ3n) is 4.97. The molecule has 2 aromatic heterocycles. The Morgan fingerprint density at radius 1 is 1.21 bits per heavy atom. The van der Waals surface area contributed by atoms with Gasteiger partial charge in [0.15, 0.2) is 23.2 Å². The van der Waals surface area contributed by atoms with Crippen LogP contribution in [0.4, 0.5) is 11.5 Å². The lowest BCUT2D eigenvalue weighted by molar-refractivity contribution is -0.0511. The number of ether oxygens (including phenoxy) is 1. The molecule has 0 aliphatic carbocycles. The first-order valence-corrected chi connectivity index (χ1v) is 8.88. The molecule has 28 heavy (non-hydrogen) atoms.